The van der Waals surface area contributed by atoms with Crippen LogP contribution in [-0.4, -0.2) is 55.8 Å². The van der Waals surface area contributed by atoms with Gasteiger partial charge >= 0.3 is 0 Å². The molecule has 1 aromatic heterocycles. The third kappa shape index (κ3) is 5.14. The number of nitrogens with one attached hydrogen (secondary N) is 1. The topological polar surface area (TPSA) is 74.6 Å². The number of hydrogen-bond donors (Lipinski definition) is 1. The summed E-state index contributed by atoms with van der Waals surface area (Å²) in [6.07, 6.45) is 2.70. The van der Waals surface area contributed by atoms with Crippen molar-refractivity contribution in [2.45, 2.75) is 19.1 Å². The Bertz CT molecular complexity index is 702. The molecule has 1 aliphatic heterocycles. The molecule has 2 aromatic rings. The SMILES string of the molecule is COCCOCC(=O)NC[C@@H]1OCCc2cn(Cc3ccccc3)nc21. The van der Waals surface area contributed by atoms with E-state index in [1.807, 2.05) is 22.9 Å². The summed E-state index contributed by atoms with van der Waals surface area (Å²) in [4.78, 5) is 11.8. The van der Waals surface area contributed by atoms with Gasteiger partial charge < -0.3 is 19.5 Å². The Balaban J connectivity index is 1.54. The molecule has 0 bridgehead atoms. The normalized spacial score (nSPS) is 16.3. The zero-order valence-electron chi connectivity index (χ0n) is 15.0. The van der Waals surface area contributed by atoms with E-state index in [0.29, 0.717) is 26.4 Å². The van der Waals surface area contributed by atoms with E-state index in [2.05, 4.69) is 28.7 Å². The van der Waals surface area contributed by atoms with Gasteiger partial charge in [0.05, 0.1) is 32.1 Å². The highest BCUT2D eigenvalue weighted by molar-refractivity contribution is 5.77. The van der Waals surface area contributed by atoms with Crippen LogP contribution in [-0.2, 0) is 32.0 Å². The summed E-state index contributed by atoms with van der Waals surface area (Å²) in [7, 11) is 1.60. The second kappa shape index (κ2) is 9.47. The van der Waals surface area contributed by atoms with Crippen molar-refractivity contribution >= 4 is 5.91 Å². The quantitative estimate of drug-likeness (QED) is 0.684. The molecule has 1 N–H and O–H groups in total. The van der Waals surface area contributed by atoms with Crippen molar-refractivity contribution in [2.75, 3.05) is 40.1 Å². The van der Waals surface area contributed by atoms with Crippen LogP contribution in [0.1, 0.15) is 22.9 Å². The van der Waals surface area contributed by atoms with Gasteiger partial charge in [-0.3, -0.25) is 9.48 Å². The number of fused-ring (bicyclic) bond motifs is 1. The van der Waals surface area contributed by atoms with Crippen molar-refractivity contribution in [3.05, 3.63) is 53.3 Å². The van der Waals surface area contributed by atoms with Crippen molar-refractivity contribution in [2.24, 2.45) is 0 Å². The second-order valence-corrected chi connectivity index (χ2v) is 6.18. The van der Waals surface area contributed by atoms with Gasteiger partial charge in [-0.15, -0.1) is 0 Å². The summed E-state index contributed by atoms with van der Waals surface area (Å²) in [5.74, 6) is -0.166. The lowest BCUT2D eigenvalue weighted by molar-refractivity contribution is -0.126. The van der Waals surface area contributed by atoms with Gasteiger partial charge in [-0.05, 0) is 17.5 Å². The molecule has 2 heterocycles. The van der Waals surface area contributed by atoms with Crippen LogP contribution in [0.15, 0.2) is 36.5 Å². The summed E-state index contributed by atoms with van der Waals surface area (Å²) >= 11 is 0. The van der Waals surface area contributed by atoms with Gasteiger partial charge in [0, 0.05) is 19.9 Å². The molecule has 0 unspecified atom stereocenters. The number of hydrogen-bond acceptors (Lipinski definition) is 5. The van der Waals surface area contributed by atoms with E-state index in [0.717, 1.165) is 18.7 Å². The number of ether oxygens (including phenoxy) is 3. The number of carbonyl (C=O) groups excluding carboxylic acids is 1. The standard InChI is InChI=1S/C19H25N3O4/c1-24-9-10-25-14-18(23)20-11-17-19-16(7-8-26-17)13-22(21-19)12-15-5-3-2-4-6-15/h2-6,13,17H,7-12,14H2,1H3,(H,20,23)/t17-/m0/s1. The fraction of sp³-hybridized carbons (Fsp3) is 0.474. The van der Waals surface area contributed by atoms with E-state index in [1.165, 1.54) is 11.1 Å². The molecule has 1 aliphatic rings. The summed E-state index contributed by atoms with van der Waals surface area (Å²) in [5.41, 5.74) is 3.29. The average Bonchev–Trinajstić information content (AvgIpc) is 3.07. The molecular weight excluding hydrogens is 334 g/mol. The Morgan fingerprint density at radius 1 is 1.35 bits per heavy atom. The van der Waals surface area contributed by atoms with Crippen LogP contribution in [0.3, 0.4) is 0 Å². The summed E-state index contributed by atoms with van der Waals surface area (Å²) in [6, 6.07) is 10.2. The lowest BCUT2D eigenvalue weighted by atomic mass is 10.1. The van der Waals surface area contributed by atoms with Crippen LogP contribution < -0.4 is 5.32 Å². The number of rotatable bonds is 9. The van der Waals surface area contributed by atoms with Crippen LogP contribution in [0, 0.1) is 0 Å². The Kier molecular flexibility index (Phi) is 6.76. The molecule has 1 amide bonds. The molecule has 140 valence electrons. The van der Waals surface area contributed by atoms with Crippen molar-refractivity contribution in [3.63, 3.8) is 0 Å². The number of nitrogens with zero attached hydrogens (tertiary/aromatic N) is 2. The molecule has 0 spiro atoms. The fourth-order valence-corrected chi connectivity index (χ4v) is 2.90. The largest absolute Gasteiger partial charge is 0.382 e. The van der Waals surface area contributed by atoms with Crippen LogP contribution in [0.2, 0.25) is 0 Å². The zero-order chi connectivity index (χ0) is 18.2. The molecule has 1 aromatic carbocycles. The fourth-order valence-electron chi connectivity index (χ4n) is 2.90. The third-order valence-corrected chi connectivity index (χ3v) is 4.20. The third-order valence-electron chi connectivity index (χ3n) is 4.20. The van der Waals surface area contributed by atoms with Gasteiger partial charge in [0.1, 0.15) is 12.7 Å². The molecule has 7 heteroatoms. The number of amides is 1. The van der Waals surface area contributed by atoms with Crippen LogP contribution in [0.4, 0.5) is 0 Å². The Labute approximate surface area is 153 Å². The van der Waals surface area contributed by atoms with E-state index in [9.17, 15) is 4.79 Å². The Morgan fingerprint density at radius 2 is 2.19 bits per heavy atom. The Hall–Kier alpha value is -2.22. The lowest BCUT2D eigenvalue weighted by Gasteiger charge is -2.22. The van der Waals surface area contributed by atoms with Crippen LogP contribution in [0.5, 0.6) is 0 Å². The minimum Gasteiger partial charge on any atom is -0.382 e. The average molecular weight is 359 g/mol. The van der Waals surface area contributed by atoms with E-state index in [-0.39, 0.29) is 18.6 Å². The lowest BCUT2D eigenvalue weighted by Crippen LogP contribution is -2.34. The summed E-state index contributed by atoms with van der Waals surface area (Å²) in [5, 5.41) is 7.53. The maximum atomic E-state index is 11.8. The van der Waals surface area contributed by atoms with Crippen molar-refractivity contribution in [3.8, 4) is 0 Å². The highest BCUT2D eigenvalue weighted by atomic mass is 16.5. The maximum absolute atomic E-state index is 11.8. The predicted octanol–water partition coefficient (Wildman–Crippen LogP) is 1.32. The predicted molar refractivity (Wildman–Crippen MR) is 95.9 cm³/mol. The van der Waals surface area contributed by atoms with Gasteiger partial charge in [0.15, 0.2) is 0 Å². The monoisotopic (exact) mass is 359 g/mol. The van der Waals surface area contributed by atoms with Crippen molar-refractivity contribution < 1.29 is 19.0 Å². The van der Waals surface area contributed by atoms with E-state index >= 15 is 0 Å². The number of carbonyl (C=O) groups is 1. The zero-order valence-corrected chi connectivity index (χ0v) is 15.0. The van der Waals surface area contributed by atoms with Gasteiger partial charge in [0.25, 0.3) is 0 Å². The first-order valence-electron chi connectivity index (χ1n) is 8.81. The second-order valence-electron chi connectivity index (χ2n) is 6.18. The number of aromatic nitrogens is 2. The molecule has 0 radical (unpaired) electrons. The van der Waals surface area contributed by atoms with Crippen LogP contribution in [0.25, 0.3) is 0 Å². The maximum Gasteiger partial charge on any atom is 0.246 e. The molecule has 7 nitrogen and oxygen atoms in total. The minimum atomic E-state index is -0.223. The van der Waals surface area contributed by atoms with Crippen molar-refractivity contribution in [1.29, 1.82) is 0 Å². The highest BCUT2D eigenvalue weighted by Crippen LogP contribution is 2.25. The summed E-state index contributed by atoms with van der Waals surface area (Å²) in [6.45, 7) is 2.64. The van der Waals surface area contributed by atoms with Crippen LogP contribution >= 0.6 is 0 Å². The van der Waals surface area contributed by atoms with Gasteiger partial charge in [-0.25, -0.2) is 0 Å². The molecular formula is C19H25N3O4. The van der Waals surface area contributed by atoms with E-state index in [1.54, 1.807) is 7.11 Å². The molecule has 26 heavy (non-hydrogen) atoms. The molecule has 1 atom stereocenters. The first-order chi connectivity index (χ1) is 12.8. The first-order valence-corrected chi connectivity index (χ1v) is 8.81. The summed E-state index contributed by atoms with van der Waals surface area (Å²) < 4.78 is 17.8. The molecule has 0 saturated carbocycles. The molecule has 3 rings (SSSR count). The number of benzene rings is 1. The van der Waals surface area contributed by atoms with Gasteiger partial charge in [-0.2, -0.15) is 5.10 Å². The van der Waals surface area contributed by atoms with Gasteiger partial charge in [0.2, 0.25) is 5.91 Å². The smallest absolute Gasteiger partial charge is 0.246 e. The Morgan fingerprint density at radius 3 is 3.00 bits per heavy atom. The minimum absolute atomic E-state index is 0.0192. The number of methoxy groups -OCH3 is 1. The van der Waals surface area contributed by atoms with Gasteiger partial charge in [-0.1, -0.05) is 30.3 Å². The molecule has 0 saturated heterocycles. The highest BCUT2D eigenvalue weighted by Gasteiger charge is 2.25. The van der Waals surface area contributed by atoms with Crippen molar-refractivity contribution in [1.82, 2.24) is 15.1 Å². The molecule has 0 aliphatic carbocycles. The van der Waals surface area contributed by atoms with E-state index in [4.69, 9.17) is 14.2 Å². The van der Waals surface area contributed by atoms with E-state index < -0.39 is 0 Å². The molecule has 0 fully saturated rings. The first kappa shape index (κ1) is 18.6.